The Morgan fingerprint density at radius 1 is 0.757 bits per heavy atom. The number of benzene rings is 3. The maximum absolute atomic E-state index is 14.4. The summed E-state index contributed by atoms with van der Waals surface area (Å²) in [6.45, 7) is 2.51. The molecule has 0 saturated carbocycles. The summed E-state index contributed by atoms with van der Waals surface area (Å²) in [4.78, 5) is 0. The van der Waals surface area contributed by atoms with Crippen LogP contribution in [0.1, 0.15) is 45.4 Å². The fourth-order valence-corrected chi connectivity index (χ4v) is 4.64. The van der Waals surface area contributed by atoms with Gasteiger partial charge in [-0.25, -0.2) is 0 Å². The molecule has 9 heteroatoms. The van der Waals surface area contributed by atoms with Crippen LogP contribution in [0.5, 0.6) is 0 Å². The molecular formula is C28H28F6O3. The first-order valence-corrected chi connectivity index (χ1v) is 11.6. The van der Waals surface area contributed by atoms with Crippen LogP contribution in [0, 0.1) is 13.8 Å². The molecule has 0 aliphatic rings. The Hall–Kier alpha value is -2.88. The summed E-state index contributed by atoms with van der Waals surface area (Å²) in [6, 6.07) is 13.9. The number of hydrogen-bond donors (Lipinski definition) is 3. The van der Waals surface area contributed by atoms with Crippen molar-refractivity contribution in [3.63, 3.8) is 0 Å². The number of aliphatic hydroxyl groups excluding tert-OH is 2. The fraction of sp³-hybridized carbons (Fsp3) is 0.357. The van der Waals surface area contributed by atoms with Gasteiger partial charge in [-0.3, -0.25) is 0 Å². The predicted octanol–water partition coefficient (Wildman–Crippen LogP) is 6.44. The lowest BCUT2D eigenvalue weighted by Gasteiger charge is -2.36. The Balaban J connectivity index is 2.27. The third kappa shape index (κ3) is 6.17. The highest BCUT2D eigenvalue weighted by atomic mass is 19.4. The molecule has 1 unspecified atom stereocenters. The van der Waals surface area contributed by atoms with E-state index in [-0.39, 0.29) is 42.7 Å². The average Bonchev–Trinajstić information content (AvgIpc) is 2.83. The zero-order valence-electron chi connectivity index (χ0n) is 20.3. The van der Waals surface area contributed by atoms with Crippen LogP contribution in [0.3, 0.4) is 0 Å². The van der Waals surface area contributed by atoms with Gasteiger partial charge in [0.25, 0.3) is 0 Å². The molecule has 0 aromatic heterocycles. The number of hydrogen-bond acceptors (Lipinski definition) is 3. The van der Waals surface area contributed by atoms with Gasteiger partial charge in [-0.1, -0.05) is 54.6 Å². The quantitative estimate of drug-likeness (QED) is 0.296. The number of aryl methyl sites for hydroxylation is 2. The minimum absolute atomic E-state index is 0.0142. The molecule has 0 amide bonds. The van der Waals surface area contributed by atoms with Crippen molar-refractivity contribution < 1.29 is 41.7 Å². The van der Waals surface area contributed by atoms with Crippen LogP contribution in [0.25, 0.3) is 11.1 Å². The molecule has 3 aromatic carbocycles. The van der Waals surface area contributed by atoms with Gasteiger partial charge >= 0.3 is 12.4 Å². The van der Waals surface area contributed by atoms with Crippen LogP contribution >= 0.6 is 0 Å². The SMILES string of the molecule is Cc1cc(-c2ccccc2)c(C(O)(CC(F)(F)F)C(F)(F)F)c(CCc2ccc(CO)c(CO)c2)c1C. The molecule has 0 fully saturated rings. The number of aliphatic hydroxyl groups is 3. The number of rotatable bonds is 8. The van der Waals surface area contributed by atoms with Crippen molar-refractivity contribution >= 4 is 0 Å². The van der Waals surface area contributed by atoms with Gasteiger partial charge < -0.3 is 15.3 Å². The summed E-state index contributed by atoms with van der Waals surface area (Å²) in [5.74, 6) is 0. The third-order valence-corrected chi connectivity index (χ3v) is 6.67. The fourth-order valence-electron chi connectivity index (χ4n) is 4.64. The molecule has 0 aliphatic carbocycles. The van der Waals surface area contributed by atoms with Crippen LogP contribution in [0.15, 0.2) is 54.6 Å². The number of alkyl halides is 6. The second-order valence-electron chi connectivity index (χ2n) is 9.15. The lowest BCUT2D eigenvalue weighted by Crippen LogP contribution is -2.47. The third-order valence-electron chi connectivity index (χ3n) is 6.67. The predicted molar refractivity (Wildman–Crippen MR) is 128 cm³/mol. The Kier molecular flexibility index (Phi) is 8.41. The van der Waals surface area contributed by atoms with E-state index in [4.69, 9.17) is 0 Å². The summed E-state index contributed by atoms with van der Waals surface area (Å²) in [6.07, 6.45) is -13.4. The minimum Gasteiger partial charge on any atom is -0.392 e. The van der Waals surface area contributed by atoms with Crippen molar-refractivity contribution in [3.8, 4) is 11.1 Å². The zero-order chi connectivity index (χ0) is 27.6. The first kappa shape index (κ1) is 28.7. The molecule has 0 heterocycles. The Labute approximate surface area is 211 Å². The van der Waals surface area contributed by atoms with E-state index in [1.54, 1.807) is 43.3 Å². The molecule has 0 spiro atoms. The molecule has 0 saturated heterocycles. The highest BCUT2D eigenvalue weighted by Gasteiger charge is 2.61. The van der Waals surface area contributed by atoms with Crippen LogP contribution in [0.4, 0.5) is 26.3 Å². The summed E-state index contributed by atoms with van der Waals surface area (Å²) >= 11 is 0. The van der Waals surface area contributed by atoms with E-state index in [1.165, 1.54) is 25.1 Å². The molecular weight excluding hydrogens is 498 g/mol. The molecule has 0 bridgehead atoms. The maximum atomic E-state index is 14.4. The van der Waals surface area contributed by atoms with Crippen molar-refractivity contribution in [2.45, 2.75) is 64.3 Å². The molecule has 200 valence electrons. The Morgan fingerprint density at radius 3 is 1.92 bits per heavy atom. The van der Waals surface area contributed by atoms with Gasteiger partial charge in [0, 0.05) is 5.56 Å². The monoisotopic (exact) mass is 526 g/mol. The molecule has 1 atom stereocenters. The largest absolute Gasteiger partial charge is 0.421 e. The normalized spacial score (nSPS) is 14.0. The van der Waals surface area contributed by atoms with E-state index in [0.29, 0.717) is 27.8 Å². The van der Waals surface area contributed by atoms with E-state index in [0.717, 1.165) is 0 Å². The van der Waals surface area contributed by atoms with E-state index in [9.17, 15) is 41.7 Å². The highest BCUT2D eigenvalue weighted by molar-refractivity contribution is 5.73. The minimum atomic E-state index is -5.62. The van der Waals surface area contributed by atoms with Crippen molar-refractivity contribution in [2.75, 3.05) is 0 Å². The maximum Gasteiger partial charge on any atom is 0.421 e. The molecule has 37 heavy (non-hydrogen) atoms. The van der Waals surface area contributed by atoms with Crippen molar-refractivity contribution in [3.05, 3.63) is 93.5 Å². The second kappa shape index (κ2) is 10.8. The summed E-state index contributed by atoms with van der Waals surface area (Å²) in [7, 11) is 0. The van der Waals surface area contributed by atoms with Gasteiger partial charge in [0.05, 0.1) is 19.6 Å². The molecule has 3 nitrogen and oxygen atoms in total. The highest BCUT2D eigenvalue weighted by Crippen LogP contribution is 2.51. The first-order chi connectivity index (χ1) is 17.2. The van der Waals surface area contributed by atoms with Gasteiger partial charge in [0.1, 0.15) is 0 Å². The van der Waals surface area contributed by atoms with Crippen molar-refractivity contribution in [1.82, 2.24) is 0 Å². The molecule has 0 radical (unpaired) electrons. The number of halogens is 6. The van der Waals surface area contributed by atoms with Crippen LogP contribution in [0.2, 0.25) is 0 Å². The topological polar surface area (TPSA) is 60.7 Å². The van der Waals surface area contributed by atoms with E-state index in [2.05, 4.69) is 0 Å². The van der Waals surface area contributed by atoms with E-state index in [1.807, 2.05) is 0 Å². The molecule has 3 N–H and O–H groups in total. The van der Waals surface area contributed by atoms with Crippen molar-refractivity contribution in [1.29, 1.82) is 0 Å². The van der Waals surface area contributed by atoms with Gasteiger partial charge in [-0.15, -0.1) is 0 Å². The molecule has 3 rings (SSSR count). The summed E-state index contributed by atoms with van der Waals surface area (Å²) in [5, 5.41) is 29.9. The first-order valence-electron chi connectivity index (χ1n) is 11.6. The van der Waals surface area contributed by atoms with Crippen molar-refractivity contribution in [2.24, 2.45) is 0 Å². The summed E-state index contributed by atoms with van der Waals surface area (Å²) in [5.41, 5.74) is -2.40. The molecule has 0 aliphatic heterocycles. The van der Waals surface area contributed by atoms with Crippen LogP contribution < -0.4 is 0 Å². The van der Waals surface area contributed by atoms with Gasteiger partial charge in [-0.2, -0.15) is 26.3 Å². The smallest absolute Gasteiger partial charge is 0.392 e. The lowest BCUT2D eigenvalue weighted by atomic mass is 9.76. The van der Waals surface area contributed by atoms with Gasteiger partial charge in [0.15, 0.2) is 5.60 Å². The van der Waals surface area contributed by atoms with E-state index >= 15 is 0 Å². The van der Waals surface area contributed by atoms with Gasteiger partial charge in [-0.05, 0) is 71.2 Å². The lowest BCUT2D eigenvalue weighted by molar-refractivity contribution is -0.300. The zero-order valence-corrected chi connectivity index (χ0v) is 20.3. The van der Waals surface area contributed by atoms with E-state index < -0.39 is 29.9 Å². The second-order valence-corrected chi connectivity index (χ2v) is 9.15. The van der Waals surface area contributed by atoms with Gasteiger partial charge in [0.2, 0.25) is 0 Å². The summed E-state index contributed by atoms with van der Waals surface area (Å²) < 4.78 is 83.7. The Bertz CT molecular complexity index is 1240. The van der Waals surface area contributed by atoms with Crippen LogP contribution in [-0.4, -0.2) is 27.7 Å². The Morgan fingerprint density at radius 2 is 1.38 bits per heavy atom. The average molecular weight is 527 g/mol. The molecule has 3 aromatic rings. The van der Waals surface area contributed by atoms with Crippen LogP contribution in [-0.2, 0) is 31.7 Å². The standard InChI is InChI=1S/C28H28F6O3/c1-17-12-24(20-6-4-3-5-7-20)25(26(37,28(32,33)34)16-27(29,30)31)23(18(17)2)11-9-19-8-10-21(14-35)22(13-19)15-36/h3-8,10,12-13,35-37H,9,11,14-16H2,1-2H3.